The van der Waals surface area contributed by atoms with Gasteiger partial charge in [0.25, 0.3) is 0 Å². The van der Waals surface area contributed by atoms with Crippen molar-refractivity contribution in [1.82, 2.24) is 9.47 Å². The molecule has 0 aliphatic heterocycles. The Morgan fingerprint density at radius 3 is 2.61 bits per heavy atom. The van der Waals surface area contributed by atoms with E-state index in [1.807, 2.05) is 19.1 Å². The van der Waals surface area contributed by atoms with Crippen LogP contribution in [0.15, 0.2) is 24.4 Å². The number of halogens is 1. The zero-order chi connectivity index (χ0) is 12.9. The van der Waals surface area contributed by atoms with Crippen molar-refractivity contribution < 1.29 is 4.39 Å². The molecule has 1 aromatic heterocycles. The molecule has 2 aromatic rings. The van der Waals surface area contributed by atoms with Gasteiger partial charge in [-0.25, -0.2) is 4.39 Å². The first-order chi connectivity index (χ1) is 8.58. The minimum atomic E-state index is -0.111. The molecule has 3 rings (SSSR count). The molecule has 0 amide bonds. The third kappa shape index (κ3) is 1.65. The Hall–Kier alpha value is -1.35. The summed E-state index contributed by atoms with van der Waals surface area (Å²) in [7, 11) is 4.27. The third-order valence-corrected chi connectivity index (χ3v) is 4.32. The standard InChI is InChI=1S/C15H19FN2/c1-10-13-6-7-18(15(13)5-4-14(10)16)12-8-11(9-12)17(2)3/h4-7,11-12H,8-9H2,1-3H3. The van der Waals surface area contributed by atoms with Gasteiger partial charge in [0.15, 0.2) is 0 Å². The Kier molecular flexibility index (Phi) is 2.67. The molecule has 0 unspecified atom stereocenters. The number of fused-ring (bicyclic) bond motifs is 1. The van der Waals surface area contributed by atoms with Gasteiger partial charge in [0, 0.05) is 29.2 Å². The molecule has 0 spiro atoms. The zero-order valence-electron chi connectivity index (χ0n) is 11.2. The summed E-state index contributed by atoms with van der Waals surface area (Å²) in [5, 5.41) is 1.04. The van der Waals surface area contributed by atoms with Crippen LogP contribution in [-0.4, -0.2) is 29.6 Å². The molecule has 1 aliphatic rings. The van der Waals surface area contributed by atoms with Crippen molar-refractivity contribution in [2.24, 2.45) is 0 Å². The van der Waals surface area contributed by atoms with Crippen molar-refractivity contribution in [3.63, 3.8) is 0 Å². The van der Waals surface area contributed by atoms with Crippen LogP contribution >= 0.6 is 0 Å². The molecule has 0 N–H and O–H groups in total. The average Bonchev–Trinajstić information content (AvgIpc) is 2.66. The van der Waals surface area contributed by atoms with Crippen LogP contribution in [0.1, 0.15) is 24.4 Å². The van der Waals surface area contributed by atoms with E-state index >= 15 is 0 Å². The second-order valence-electron chi connectivity index (χ2n) is 5.57. The Morgan fingerprint density at radius 1 is 1.22 bits per heavy atom. The fourth-order valence-corrected chi connectivity index (χ4v) is 2.88. The van der Waals surface area contributed by atoms with E-state index in [1.165, 1.54) is 12.8 Å². The monoisotopic (exact) mass is 246 g/mol. The minimum Gasteiger partial charge on any atom is -0.344 e. The molecule has 1 saturated carbocycles. The van der Waals surface area contributed by atoms with Crippen LogP contribution in [-0.2, 0) is 0 Å². The summed E-state index contributed by atoms with van der Waals surface area (Å²) in [4.78, 5) is 2.28. The normalized spacial score (nSPS) is 23.6. The fourth-order valence-electron chi connectivity index (χ4n) is 2.88. The first-order valence-corrected chi connectivity index (χ1v) is 6.50. The highest BCUT2D eigenvalue weighted by Crippen LogP contribution is 2.37. The Balaban J connectivity index is 1.93. The lowest BCUT2D eigenvalue weighted by molar-refractivity contribution is 0.132. The molecule has 0 bridgehead atoms. The second kappa shape index (κ2) is 4.09. The van der Waals surface area contributed by atoms with Gasteiger partial charge in [0.1, 0.15) is 5.82 Å². The van der Waals surface area contributed by atoms with Gasteiger partial charge >= 0.3 is 0 Å². The van der Waals surface area contributed by atoms with Crippen molar-refractivity contribution >= 4 is 10.9 Å². The summed E-state index contributed by atoms with van der Waals surface area (Å²) < 4.78 is 15.8. The van der Waals surface area contributed by atoms with Crippen LogP contribution in [0.4, 0.5) is 4.39 Å². The molecule has 18 heavy (non-hydrogen) atoms. The first-order valence-electron chi connectivity index (χ1n) is 6.50. The quantitative estimate of drug-likeness (QED) is 0.789. The average molecular weight is 246 g/mol. The molecule has 1 fully saturated rings. The van der Waals surface area contributed by atoms with Crippen molar-refractivity contribution in [3.8, 4) is 0 Å². The van der Waals surface area contributed by atoms with Gasteiger partial charge in [-0.15, -0.1) is 0 Å². The number of hydrogen-bond acceptors (Lipinski definition) is 1. The van der Waals surface area contributed by atoms with Gasteiger partial charge in [-0.1, -0.05) is 0 Å². The van der Waals surface area contributed by atoms with Gasteiger partial charge in [-0.2, -0.15) is 0 Å². The highest BCUT2D eigenvalue weighted by atomic mass is 19.1. The van der Waals surface area contributed by atoms with Crippen LogP contribution in [0.25, 0.3) is 10.9 Å². The molecule has 1 aliphatic carbocycles. The Bertz CT molecular complexity index is 579. The van der Waals surface area contributed by atoms with Crippen molar-refractivity contribution in [2.45, 2.75) is 31.8 Å². The van der Waals surface area contributed by atoms with E-state index in [0.29, 0.717) is 12.1 Å². The lowest BCUT2D eigenvalue weighted by Gasteiger charge is -2.40. The summed E-state index contributed by atoms with van der Waals surface area (Å²) in [5.74, 6) is -0.111. The van der Waals surface area contributed by atoms with Gasteiger partial charge in [-0.05, 0) is 57.6 Å². The van der Waals surface area contributed by atoms with E-state index in [4.69, 9.17) is 0 Å². The number of nitrogens with zero attached hydrogens (tertiary/aromatic N) is 2. The zero-order valence-corrected chi connectivity index (χ0v) is 11.2. The highest BCUT2D eigenvalue weighted by molar-refractivity contribution is 5.83. The molecule has 96 valence electrons. The molecule has 3 heteroatoms. The molecule has 0 saturated heterocycles. The molecule has 1 heterocycles. The lowest BCUT2D eigenvalue weighted by atomic mass is 9.85. The summed E-state index contributed by atoms with van der Waals surface area (Å²) >= 11 is 0. The maximum Gasteiger partial charge on any atom is 0.126 e. The summed E-state index contributed by atoms with van der Waals surface area (Å²) in [6.45, 7) is 1.85. The largest absolute Gasteiger partial charge is 0.344 e. The topological polar surface area (TPSA) is 8.17 Å². The number of rotatable bonds is 2. The SMILES string of the molecule is Cc1c(F)ccc2c1ccn2C1CC(N(C)C)C1. The van der Waals surface area contributed by atoms with E-state index in [0.717, 1.165) is 16.5 Å². The molecule has 0 atom stereocenters. The molecule has 1 aromatic carbocycles. The number of hydrogen-bond donors (Lipinski definition) is 0. The maximum absolute atomic E-state index is 13.5. The third-order valence-electron chi connectivity index (χ3n) is 4.32. The van der Waals surface area contributed by atoms with Crippen molar-refractivity contribution in [3.05, 3.63) is 35.8 Å². The predicted molar refractivity (Wildman–Crippen MR) is 72.4 cm³/mol. The van der Waals surface area contributed by atoms with Crippen LogP contribution in [0.3, 0.4) is 0 Å². The minimum absolute atomic E-state index is 0.111. The van der Waals surface area contributed by atoms with E-state index < -0.39 is 0 Å². The second-order valence-corrected chi connectivity index (χ2v) is 5.57. The summed E-state index contributed by atoms with van der Waals surface area (Å²) in [6, 6.07) is 6.78. The summed E-state index contributed by atoms with van der Waals surface area (Å²) in [6.07, 6.45) is 4.48. The molecule has 0 radical (unpaired) electrons. The Morgan fingerprint density at radius 2 is 1.94 bits per heavy atom. The maximum atomic E-state index is 13.5. The predicted octanol–water partition coefficient (Wildman–Crippen LogP) is 3.35. The van der Waals surface area contributed by atoms with Crippen LogP contribution < -0.4 is 0 Å². The number of benzene rings is 1. The van der Waals surface area contributed by atoms with Gasteiger partial charge in [0.05, 0.1) is 0 Å². The fraction of sp³-hybridized carbons (Fsp3) is 0.467. The lowest BCUT2D eigenvalue weighted by Crippen LogP contribution is -2.41. The number of aromatic nitrogens is 1. The first kappa shape index (κ1) is 11.7. The van der Waals surface area contributed by atoms with Gasteiger partial charge in [0.2, 0.25) is 0 Å². The number of aryl methyl sites for hydroxylation is 1. The summed E-state index contributed by atoms with van der Waals surface area (Å²) in [5.41, 5.74) is 1.92. The highest BCUT2D eigenvalue weighted by Gasteiger charge is 2.32. The van der Waals surface area contributed by atoms with Crippen LogP contribution in [0, 0.1) is 12.7 Å². The van der Waals surface area contributed by atoms with E-state index in [1.54, 1.807) is 6.07 Å². The van der Waals surface area contributed by atoms with E-state index in [9.17, 15) is 4.39 Å². The van der Waals surface area contributed by atoms with Crippen LogP contribution in [0.5, 0.6) is 0 Å². The van der Waals surface area contributed by atoms with Gasteiger partial charge in [-0.3, -0.25) is 0 Å². The van der Waals surface area contributed by atoms with Crippen molar-refractivity contribution in [2.75, 3.05) is 14.1 Å². The molecular formula is C15H19FN2. The van der Waals surface area contributed by atoms with Crippen LogP contribution in [0.2, 0.25) is 0 Å². The smallest absolute Gasteiger partial charge is 0.126 e. The molecular weight excluding hydrogens is 227 g/mol. The van der Waals surface area contributed by atoms with Gasteiger partial charge < -0.3 is 9.47 Å². The van der Waals surface area contributed by atoms with E-state index in [-0.39, 0.29) is 5.82 Å². The van der Waals surface area contributed by atoms with Crippen molar-refractivity contribution in [1.29, 1.82) is 0 Å². The van der Waals surface area contributed by atoms with E-state index in [2.05, 4.69) is 29.8 Å². The molecule has 2 nitrogen and oxygen atoms in total. The Labute approximate surface area is 107 Å².